The van der Waals surface area contributed by atoms with Gasteiger partial charge >= 0.3 is 0 Å². The van der Waals surface area contributed by atoms with Crippen molar-refractivity contribution in [1.82, 2.24) is 4.90 Å². The average molecular weight is 346 g/mol. The molecular weight excluding hydrogens is 325 g/mol. The first-order chi connectivity index (χ1) is 10.4. The van der Waals surface area contributed by atoms with Crippen molar-refractivity contribution >= 4 is 29.1 Å². The Labute approximate surface area is 141 Å². The summed E-state index contributed by atoms with van der Waals surface area (Å²) in [5.41, 5.74) is 0. The number of piperidine rings is 1. The number of aliphatic hydroxyl groups is 1. The summed E-state index contributed by atoms with van der Waals surface area (Å²) in [6.45, 7) is 4.75. The van der Waals surface area contributed by atoms with Crippen LogP contribution in [0.3, 0.4) is 0 Å². The third-order valence-corrected chi connectivity index (χ3v) is 4.38. The summed E-state index contributed by atoms with van der Waals surface area (Å²) < 4.78 is 5.66. The maximum atomic E-state index is 12.5. The number of halogens is 2. The lowest BCUT2D eigenvalue weighted by molar-refractivity contribution is -0.140. The quantitative estimate of drug-likeness (QED) is 0.909. The maximum absolute atomic E-state index is 12.5. The Hall–Kier alpha value is -0.970. The fraction of sp³-hybridized carbons (Fsp3) is 0.562. The molecule has 2 rings (SSSR count). The Morgan fingerprint density at radius 1 is 1.32 bits per heavy atom. The van der Waals surface area contributed by atoms with E-state index >= 15 is 0 Å². The van der Waals surface area contributed by atoms with E-state index in [4.69, 9.17) is 27.9 Å². The first kappa shape index (κ1) is 17.4. The molecule has 0 radical (unpaired) electrons. The molecular formula is C16H21Cl2NO3. The van der Waals surface area contributed by atoms with Crippen molar-refractivity contribution in [2.45, 2.75) is 38.9 Å². The van der Waals surface area contributed by atoms with Crippen LogP contribution in [0.15, 0.2) is 18.2 Å². The summed E-state index contributed by atoms with van der Waals surface area (Å²) in [4.78, 5) is 14.3. The van der Waals surface area contributed by atoms with Crippen LogP contribution in [-0.2, 0) is 4.79 Å². The number of ether oxygens (including phenoxy) is 1. The smallest absolute Gasteiger partial charge is 0.263 e. The van der Waals surface area contributed by atoms with E-state index in [1.165, 1.54) is 0 Å². The highest BCUT2D eigenvalue weighted by Gasteiger charge is 2.29. The van der Waals surface area contributed by atoms with Crippen LogP contribution in [0.25, 0.3) is 0 Å². The molecule has 0 saturated carbocycles. The molecule has 0 spiro atoms. The number of hydrogen-bond donors (Lipinski definition) is 1. The van der Waals surface area contributed by atoms with Crippen molar-refractivity contribution < 1.29 is 14.6 Å². The molecule has 0 bridgehead atoms. The Morgan fingerprint density at radius 3 is 2.55 bits per heavy atom. The molecule has 1 aliphatic rings. The predicted octanol–water partition coefficient (Wildman–Crippen LogP) is 3.38. The normalized spacial score (nSPS) is 21.3. The molecule has 1 heterocycles. The number of carbonyl (C=O) groups excluding carboxylic acids is 1. The minimum atomic E-state index is -0.623. The molecule has 3 unspecified atom stereocenters. The second kappa shape index (κ2) is 7.53. The van der Waals surface area contributed by atoms with Gasteiger partial charge in [0.1, 0.15) is 5.75 Å². The van der Waals surface area contributed by atoms with Gasteiger partial charge in [0, 0.05) is 29.1 Å². The van der Waals surface area contributed by atoms with Crippen molar-refractivity contribution in [3.8, 4) is 5.75 Å². The highest BCUT2D eigenvalue weighted by molar-refractivity contribution is 6.34. The number of hydrogen-bond acceptors (Lipinski definition) is 3. The first-order valence-electron chi connectivity index (χ1n) is 7.46. The van der Waals surface area contributed by atoms with Crippen LogP contribution in [-0.4, -0.2) is 41.2 Å². The van der Waals surface area contributed by atoms with Gasteiger partial charge in [-0.2, -0.15) is 0 Å². The summed E-state index contributed by atoms with van der Waals surface area (Å²) in [5, 5.41) is 10.6. The SMILES string of the molecule is CC(Oc1cc(Cl)cc(Cl)c1)C(=O)N1CCCC(C(C)O)C1. The Morgan fingerprint density at radius 2 is 1.95 bits per heavy atom. The van der Waals surface area contributed by atoms with Crippen molar-refractivity contribution in [1.29, 1.82) is 0 Å². The summed E-state index contributed by atoms with van der Waals surface area (Å²) in [5.74, 6) is 0.523. The van der Waals surface area contributed by atoms with Gasteiger partial charge in [0.2, 0.25) is 0 Å². The maximum Gasteiger partial charge on any atom is 0.263 e. The van der Waals surface area contributed by atoms with Gasteiger partial charge < -0.3 is 14.7 Å². The zero-order valence-electron chi connectivity index (χ0n) is 12.8. The number of nitrogens with zero attached hydrogens (tertiary/aromatic N) is 1. The molecule has 1 aromatic rings. The molecule has 0 aromatic heterocycles. The number of benzene rings is 1. The van der Waals surface area contributed by atoms with Gasteiger partial charge in [0.05, 0.1) is 6.10 Å². The topological polar surface area (TPSA) is 49.8 Å². The number of carbonyl (C=O) groups is 1. The van der Waals surface area contributed by atoms with Crippen LogP contribution in [0.2, 0.25) is 10.0 Å². The van der Waals surface area contributed by atoms with Crippen LogP contribution in [0.4, 0.5) is 0 Å². The van der Waals surface area contributed by atoms with Crippen LogP contribution in [0.5, 0.6) is 5.75 Å². The lowest BCUT2D eigenvalue weighted by Gasteiger charge is -2.35. The second-order valence-corrected chi connectivity index (χ2v) is 6.67. The van der Waals surface area contributed by atoms with Crippen molar-refractivity contribution in [2.24, 2.45) is 5.92 Å². The Bertz CT molecular complexity index is 516. The molecule has 22 heavy (non-hydrogen) atoms. The van der Waals surface area contributed by atoms with Crippen molar-refractivity contribution in [3.05, 3.63) is 28.2 Å². The zero-order valence-corrected chi connectivity index (χ0v) is 14.3. The fourth-order valence-electron chi connectivity index (χ4n) is 2.71. The highest BCUT2D eigenvalue weighted by atomic mass is 35.5. The monoisotopic (exact) mass is 345 g/mol. The van der Waals surface area contributed by atoms with Gasteiger partial charge in [-0.3, -0.25) is 4.79 Å². The average Bonchev–Trinajstić information content (AvgIpc) is 2.45. The van der Waals surface area contributed by atoms with Gasteiger partial charge in [-0.15, -0.1) is 0 Å². The lowest BCUT2D eigenvalue weighted by Crippen LogP contribution is -2.47. The van der Waals surface area contributed by atoms with Gasteiger partial charge in [0.15, 0.2) is 6.10 Å². The van der Waals surface area contributed by atoms with E-state index in [-0.39, 0.29) is 11.8 Å². The molecule has 122 valence electrons. The fourth-order valence-corrected chi connectivity index (χ4v) is 3.22. The number of aliphatic hydroxyl groups excluding tert-OH is 1. The van der Waals surface area contributed by atoms with Crippen LogP contribution < -0.4 is 4.74 Å². The van der Waals surface area contributed by atoms with Crippen LogP contribution in [0.1, 0.15) is 26.7 Å². The lowest BCUT2D eigenvalue weighted by atomic mass is 9.93. The molecule has 1 fully saturated rings. The second-order valence-electron chi connectivity index (χ2n) is 5.79. The molecule has 1 saturated heterocycles. The number of amides is 1. The number of rotatable bonds is 4. The zero-order chi connectivity index (χ0) is 16.3. The van der Waals surface area contributed by atoms with Gasteiger partial charge in [-0.05, 0) is 44.9 Å². The molecule has 0 aliphatic carbocycles. The Balaban J connectivity index is 1.99. The third kappa shape index (κ3) is 4.51. The summed E-state index contributed by atoms with van der Waals surface area (Å²) >= 11 is 11.9. The molecule has 4 nitrogen and oxygen atoms in total. The van der Waals surface area contributed by atoms with Gasteiger partial charge in [0.25, 0.3) is 5.91 Å². The minimum absolute atomic E-state index is 0.0820. The van der Waals surface area contributed by atoms with E-state index in [2.05, 4.69) is 0 Å². The third-order valence-electron chi connectivity index (χ3n) is 3.95. The molecule has 1 aliphatic heterocycles. The minimum Gasteiger partial charge on any atom is -0.481 e. The van der Waals surface area contributed by atoms with Crippen LogP contribution in [0, 0.1) is 5.92 Å². The summed E-state index contributed by atoms with van der Waals surface area (Å²) in [7, 11) is 0. The van der Waals surface area contributed by atoms with Crippen LogP contribution >= 0.6 is 23.2 Å². The van der Waals surface area contributed by atoms with Gasteiger partial charge in [-0.1, -0.05) is 23.2 Å². The Kier molecular flexibility index (Phi) is 5.95. The standard InChI is InChI=1S/C16H21Cl2NO3/c1-10(20)12-4-3-5-19(9-12)16(21)11(2)22-15-7-13(17)6-14(18)8-15/h6-8,10-12,20H,3-5,9H2,1-2H3. The molecule has 1 aromatic carbocycles. The molecule has 1 amide bonds. The van der Waals surface area contributed by atoms with E-state index in [1.54, 1.807) is 36.9 Å². The first-order valence-corrected chi connectivity index (χ1v) is 8.22. The molecule has 6 heteroatoms. The van der Waals surface area contributed by atoms with E-state index in [1.807, 2.05) is 0 Å². The highest BCUT2D eigenvalue weighted by Crippen LogP contribution is 2.26. The van der Waals surface area contributed by atoms with E-state index < -0.39 is 12.2 Å². The van der Waals surface area contributed by atoms with Crippen molar-refractivity contribution in [2.75, 3.05) is 13.1 Å². The number of likely N-dealkylation sites (tertiary alicyclic amines) is 1. The van der Waals surface area contributed by atoms with Gasteiger partial charge in [-0.25, -0.2) is 0 Å². The van der Waals surface area contributed by atoms with E-state index in [9.17, 15) is 9.90 Å². The largest absolute Gasteiger partial charge is 0.481 e. The van der Waals surface area contributed by atoms with E-state index in [0.29, 0.717) is 28.9 Å². The molecule has 3 atom stereocenters. The molecule has 1 N–H and O–H groups in total. The summed E-state index contributed by atoms with van der Waals surface area (Å²) in [6, 6.07) is 4.87. The predicted molar refractivity (Wildman–Crippen MR) is 87.5 cm³/mol. The van der Waals surface area contributed by atoms with E-state index in [0.717, 1.165) is 12.8 Å². The summed E-state index contributed by atoms with van der Waals surface area (Å²) in [6.07, 6.45) is 0.818. The van der Waals surface area contributed by atoms with Crippen molar-refractivity contribution in [3.63, 3.8) is 0 Å².